The van der Waals surface area contributed by atoms with E-state index in [1.807, 2.05) is 0 Å². The molecule has 0 radical (unpaired) electrons. The van der Waals surface area contributed by atoms with Gasteiger partial charge in [0.1, 0.15) is 6.54 Å². The number of pyridine rings is 1. The summed E-state index contributed by atoms with van der Waals surface area (Å²) in [6, 6.07) is 3.54. The summed E-state index contributed by atoms with van der Waals surface area (Å²) >= 11 is 0. The summed E-state index contributed by atoms with van der Waals surface area (Å²) in [6.45, 7) is 1.33. The molecule has 5 heteroatoms. The highest BCUT2D eigenvalue weighted by molar-refractivity contribution is 5.79. The van der Waals surface area contributed by atoms with Gasteiger partial charge in [-0.15, -0.1) is 0 Å². The maximum absolute atomic E-state index is 11.1. The van der Waals surface area contributed by atoms with E-state index in [0.717, 1.165) is 5.56 Å². The van der Waals surface area contributed by atoms with Crippen LogP contribution in [0.4, 0.5) is 0 Å². The zero-order chi connectivity index (χ0) is 11.3. The Morgan fingerprint density at radius 3 is 2.73 bits per heavy atom. The van der Waals surface area contributed by atoms with Crippen molar-refractivity contribution >= 4 is 11.9 Å². The largest absolute Gasteiger partial charge is 0.480 e. The first-order valence-corrected chi connectivity index (χ1v) is 4.46. The van der Waals surface area contributed by atoms with Crippen LogP contribution in [0.3, 0.4) is 0 Å². The maximum Gasteiger partial charge on any atom is 0.323 e. The minimum atomic E-state index is -1.02. The van der Waals surface area contributed by atoms with Gasteiger partial charge in [-0.2, -0.15) is 0 Å². The molecule has 0 fully saturated rings. The van der Waals surface area contributed by atoms with Crippen molar-refractivity contribution in [3.05, 3.63) is 30.1 Å². The van der Waals surface area contributed by atoms with E-state index in [9.17, 15) is 9.59 Å². The van der Waals surface area contributed by atoms with Gasteiger partial charge in [-0.25, -0.2) is 0 Å². The van der Waals surface area contributed by atoms with Crippen molar-refractivity contribution in [2.24, 2.45) is 0 Å². The average molecular weight is 208 g/mol. The topological polar surface area (TPSA) is 70.5 Å². The molecule has 0 saturated carbocycles. The monoisotopic (exact) mass is 208 g/mol. The third kappa shape index (κ3) is 3.76. The van der Waals surface area contributed by atoms with Crippen molar-refractivity contribution in [1.82, 2.24) is 9.88 Å². The predicted octanol–water partition coefficient (Wildman–Crippen LogP) is 0.515. The Morgan fingerprint density at radius 1 is 1.53 bits per heavy atom. The number of carboxylic acids is 1. The lowest BCUT2D eigenvalue weighted by molar-refractivity contribution is -0.144. The summed E-state index contributed by atoms with van der Waals surface area (Å²) in [5.41, 5.74) is 0.814. The van der Waals surface area contributed by atoms with Crippen LogP contribution in [0.25, 0.3) is 0 Å². The van der Waals surface area contributed by atoms with Crippen LogP contribution in [0.1, 0.15) is 12.5 Å². The Bertz CT molecular complexity index is 351. The highest BCUT2D eigenvalue weighted by atomic mass is 16.4. The molecule has 0 aliphatic rings. The first-order valence-electron chi connectivity index (χ1n) is 4.46. The molecule has 0 spiro atoms. The third-order valence-electron chi connectivity index (χ3n) is 1.87. The number of carbonyl (C=O) groups excluding carboxylic acids is 1. The molecule has 0 saturated heterocycles. The smallest absolute Gasteiger partial charge is 0.323 e. The summed E-state index contributed by atoms with van der Waals surface area (Å²) in [6.07, 6.45) is 3.23. The van der Waals surface area contributed by atoms with Gasteiger partial charge in [0.05, 0.1) is 0 Å². The molecule has 0 aromatic carbocycles. The predicted molar refractivity (Wildman–Crippen MR) is 53.0 cm³/mol. The van der Waals surface area contributed by atoms with Gasteiger partial charge in [-0.1, -0.05) is 6.07 Å². The van der Waals surface area contributed by atoms with Gasteiger partial charge in [0.15, 0.2) is 0 Å². The average Bonchev–Trinajstić information content (AvgIpc) is 2.17. The van der Waals surface area contributed by atoms with Gasteiger partial charge >= 0.3 is 5.97 Å². The number of nitrogens with zero attached hydrogens (tertiary/aromatic N) is 2. The highest BCUT2D eigenvalue weighted by Gasteiger charge is 2.12. The van der Waals surface area contributed by atoms with E-state index >= 15 is 0 Å². The van der Waals surface area contributed by atoms with Crippen LogP contribution in [-0.4, -0.2) is 33.4 Å². The van der Waals surface area contributed by atoms with Crippen LogP contribution in [0.2, 0.25) is 0 Å². The van der Waals surface area contributed by atoms with Gasteiger partial charge in [0.25, 0.3) is 0 Å². The van der Waals surface area contributed by atoms with Gasteiger partial charge in [0, 0.05) is 25.9 Å². The zero-order valence-electron chi connectivity index (χ0n) is 8.38. The number of rotatable bonds is 4. The van der Waals surface area contributed by atoms with Gasteiger partial charge < -0.3 is 10.0 Å². The summed E-state index contributed by atoms with van der Waals surface area (Å²) in [5, 5.41) is 8.60. The standard InChI is InChI=1S/C10H12N2O3/c1-8(13)12(7-10(14)15)6-9-3-2-4-11-5-9/h2-5H,6-7H2,1H3,(H,14,15). The van der Waals surface area contributed by atoms with Crippen molar-refractivity contribution < 1.29 is 14.7 Å². The number of amides is 1. The normalized spacial score (nSPS) is 9.67. The molecule has 0 aliphatic heterocycles. The van der Waals surface area contributed by atoms with Crippen molar-refractivity contribution in [3.8, 4) is 0 Å². The fourth-order valence-electron chi connectivity index (χ4n) is 1.15. The second kappa shape index (κ2) is 5.09. The number of hydrogen-bond acceptors (Lipinski definition) is 3. The van der Waals surface area contributed by atoms with E-state index in [4.69, 9.17) is 5.11 Å². The van der Waals surface area contributed by atoms with Crippen LogP contribution in [0.5, 0.6) is 0 Å². The van der Waals surface area contributed by atoms with E-state index in [0.29, 0.717) is 0 Å². The molecule has 1 amide bonds. The van der Waals surface area contributed by atoms with Crippen molar-refractivity contribution in [2.45, 2.75) is 13.5 Å². The second-order valence-corrected chi connectivity index (χ2v) is 3.13. The van der Waals surface area contributed by atoms with Gasteiger partial charge in [-0.3, -0.25) is 14.6 Å². The van der Waals surface area contributed by atoms with E-state index in [-0.39, 0.29) is 19.0 Å². The Labute approximate surface area is 87.4 Å². The van der Waals surface area contributed by atoms with E-state index in [2.05, 4.69) is 4.98 Å². The lowest BCUT2D eigenvalue weighted by Crippen LogP contribution is -2.33. The Kier molecular flexibility index (Phi) is 3.79. The fourth-order valence-corrected chi connectivity index (χ4v) is 1.15. The number of aliphatic carboxylic acids is 1. The molecule has 1 rings (SSSR count). The zero-order valence-corrected chi connectivity index (χ0v) is 8.38. The van der Waals surface area contributed by atoms with Crippen molar-refractivity contribution in [2.75, 3.05) is 6.54 Å². The summed E-state index contributed by atoms with van der Waals surface area (Å²) < 4.78 is 0. The lowest BCUT2D eigenvalue weighted by Gasteiger charge is -2.18. The molecular weight excluding hydrogens is 196 g/mol. The first kappa shape index (κ1) is 11.2. The van der Waals surface area contributed by atoms with Crippen molar-refractivity contribution in [1.29, 1.82) is 0 Å². The molecule has 80 valence electrons. The first-order chi connectivity index (χ1) is 7.09. The molecule has 0 aliphatic carbocycles. The van der Waals surface area contributed by atoms with Crippen LogP contribution >= 0.6 is 0 Å². The third-order valence-corrected chi connectivity index (χ3v) is 1.87. The molecule has 1 N–H and O–H groups in total. The second-order valence-electron chi connectivity index (χ2n) is 3.13. The summed E-state index contributed by atoms with van der Waals surface area (Å²) in [4.78, 5) is 26.8. The van der Waals surface area contributed by atoms with Crippen LogP contribution < -0.4 is 0 Å². The molecule has 1 heterocycles. The number of aromatic nitrogens is 1. The molecular formula is C10H12N2O3. The Balaban J connectivity index is 2.67. The molecule has 1 aromatic heterocycles. The van der Waals surface area contributed by atoms with Crippen LogP contribution in [0, 0.1) is 0 Å². The van der Waals surface area contributed by atoms with Crippen LogP contribution in [0.15, 0.2) is 24.5 Å². The molecule has 0 unspecified atom stereocenters. The number of carbonyl (C=O) groups is 2. The van der Waals surface area contributed by atoms with E-state index in [1.54, 1.807) is 24.5 Å². The highest BCUT2D eigenvalue weighted by Crippen LogP contribution is 2.02. The SMILES string of the molecule is CC(=O)N(CC(=O)O)Cc1cccnc1. The van der Waals surface area contributed by atoms with Gasteiger partial charge in [0.2, 0.25) is 5.91 Å². The molecule has 0 bridgehead atoms. The Morgan fingerprint density at radius 2 is 2.27 bits per heavy atom. The summed E-state index contributed by atoms with van der Waals surface area (Å²) in [7, 11) is 0. The van der Waals surface area contributed by atoms with E-state index in [1.165, 1.54) is 11.8 Å². The number of carboxylic acid groups (broad SMARTS) is 1. The minimum Gasteiger partial charge on any atom is -0.480 e. The fraction of sp³-hybridized carbons (Fsp3) is 0.300. The van der Waals surface area contributed by atoms with Crippen LogP contribution in [-0.2, 0) is 16.1 Å². The summed E-state index contributed by atoms with van der Waals surface area (Å²) in [5.74, 6) is -1.28. The van der Waals surface area contributed by atoms with E-state index < -0.39 is 5.97 Å². The van der Waals surface area contributed by atoms with Gasteiger partial charge in [-0.05, 0) is 11.6 Å². The number of hydrogen-bond donors (Lipinski definition) is 1. The van der Waals surface area contributed by atoms with Crippen molar-refractivity contribution in [3.63, 3.8) is 0 Å². The molecule has 5 nitrogen and oxygen atoms in total. The molecule has 15 heavy (non-hydrogen) atoms. The molecule has 0 atom stereocenters. The minimum absolute atomic E-state index is 0.263. The molecule has 1 aromatic rings. The maximum atomic E-state index is 11.1. The Hall–Kier alpha value is -1.91. The lowest BCUT2D eigenvalue weighted by atomic mass is 10.2. The quantitative estimate of drug-likeness (QED) is 0.782.